The van der Waals surface area contributed by atoms with Gasteiger partial charge in [-0.1, -0.05) is 6.07 Å². The number of rotatable bonds is 6. The lowest BCUT2D eigenvalue weighted by molar-refractivity contribution is 0.0750. The van der Waals surface area contributed by atoms with Gasteiger partial charge in [-0.3, -0.25) is 4.79 Å². The Kier molecular flexibility index (Phi) is 5.32. The first-order chi connectivity index (χ1) is 11.0. The van der Waals surface area contributed by atoms with Crippen molar-refractivity contribution in [2.75, 3.05) is 20.8 Å². The molecule has 1 amide bonds. The number of hydrogen-bond donors (Lipinski definition) is 0. The van der Waals surface area contributed by atoms with E-state index >= 15 is 0 Å². The van der Waals surface area contributed by atoms with E-state index in [4.69, 9.17) is 13.9 Å². The van der Waals surface area contributed by atoms with E-state index in [1.807, 2.05) is 39.0 Å². The molecular weight excluding hydrogens is 294 g/mol. The van der Waals surface area contributed by atoms with E-state index in [0.717, 1.165) is 11.3 Å². The molecule has 0 N–H and O–H groups in total. The number of amides is 1. The van der Waals surface area contributed by atoms with Crippen LogP contribution in [0.3, 0.4) is 0 Å². The maximum absolute atomic E-state index is 12.7. The van der Waals surface area contributed by atoms with Gasteiger partial charge in [-0.2, -0.15) is 0 Å². The predicted molar refractivity (Wildman–Crippen MR) is 88.1 cm³/mol. The Hall–Kier alpha value is -2.43. The highest BCUT2D eigenvalue weighted by Gasteiger charge is 2.20. The lowest BCUT2D eigenvalue weighted by atomic mass is 10.1. The quantitative estimate of drug-likeness (QED) is 0.817. The van der Waals surface area contributed by atoms with E-state index < -0.39 is 0 Å². The summed E-state index contributed by atoms with van der Waals surface area (Å²) < 4.78 is 16.0. The molecule has 0 spiro atoms. The maximum atomic E-state index is 12.7. The van der Waals surface area contributed by atoms with Gasteiger partial charge < -0.3 is 18.8 Å². The molecule has 1 aromatic heterocycles. The SMILES string of the molecule is CCN(Cc1ccc(OC)c(OC)c1)C(=O)c1cc(C)oc1C. The largest absolute Gasteiger partial charge is 0.493 e. The molecule has 5 nitrogen and oxygen atoms in total. The fraction of sp³-hybridized carbons (Fsp3) is 0.389. The topological polar surface area (TPSA) is 51.9 Å². The van der Waals surface area contributed by atoms with Gasteiger partial charge in [0.25, 0.3) is 5.91 Å². The summed E-state index contributed by atoms with van der Waals surface area (Å²) in [4.78, 5) is 14.5. The minimum atomic E-state index is -0.0309. The fourth-order valence-corrected chi connectivity index (χ4v) is 2.54. The number of benzene rings is 1. The standard InChI is InChI=1S/C18H23NO4/c1-6-19(18(20)15-9-12(2)23-13(15)3)11-14-7-8-16(21-4)17(10-14)22-5/h7-10H,6,11H2,1-5H3. The van der Waals surface area contributed by atoms with Crippen LogP contribution in [0.4, 0.5) is 0 Å². The van der Waals surface area contributed by atoms with Crippen LogP contribution in [-0.4, -0.2) is 31.6 Å². The highest BCUT2D eigenvalue weighted by atomic mass is 16.5. The van der Waals surface area contributed by atoms with Crippen molar-refractivity contribution in [2.45, 2.75) is 27.3 Å². The summed E-state index contributed by atoms with van der Waals surface area (Å²) in [6.45, 7) is 6.72. The summed E-state index contributed by atoms with van der Waals surface area (Å²) in [5, 5.41) is 0. The molecule has 0 saturated heterocycles. The summed E-state index contributed by atoms with van der Waals surface area (Å²) in [6, 6.07) is 7.46. The summed E-state index contributed by atoms with van der Waals surface area (Å²) in [5.41, 5.74) is 1.60. The summed E-state index contributed by atoms with van der Waals surface area (Å²) in [5.74, 6) is 2.69. The molecule has 2 rings (SSSR count). The van der Waals surface area contributed by atoms with Gasteiger partial charge in [0.05, 0.1) is 19.8 Å². The average Bonchev–Trinajstić information content (AvgIpc) is 2.90. The van der Waals surface area contributed by atoms with Crippen molar-refractivity contribution < 1.29 is 18.7 Å². The van der Waals surface area contributed by atoms with E-state index in [0.29, 0.717) is 35.9 Å². The van der Waals surface area contributed by atoms with Gasteiger partial charge in [-0.25, -0.2) is 0 Å². The van der Waals surface area contributed by atoms with E-state index in [1.165, 1.54) is 0 Å². The van der Waals surface area contributed by atoms with Gasteiger partial charge in [0.1, 0.15) is 11.5 Å². The number of ether oxygens (including phenoxy) is 2. The second kappa shape index (κ2) is 7.22. The molecule has 23 heavy (non-hydrogen) atoms. The third-order valence-electron chi connectivity index (χ3n) is 3.76. The van der Waals surface area contributed by atoms with E-state index in [2.05, 4.69) is 0 Å². The number of aryl methyl sites for hydroxylation is 2. The number of methoxy groups -OCH3 is 2. The Labute approximate surface area is 136 Å². The molecule has 0 aliphatic rings. The molecule has 2 aromatic rings. The molecule has 0 saturated carbocycles. The van der Waals surface area contributed by atoms with Gasteiger partial charge >= 0.3 is 0 Å². The van der Waals surface area contributed by atoms with Crippen LogP contribution < -0.4 is 9.47 Å². The molecule has 5 heteroatoms. The molecule has 0 unspecified atom stereocenters. The van der Waals surface area contributed by atoms with Gasteiger partial charge in [0, 0.05) is 13.1 Å². The zero-order chi connectivity index (χ0) is 17.0. The van der Waals surface area contributed by atoms with Gasteiger partial charge in [-0.15, -0.1) is 0 Å². The zero-order valence-corrected chi connectivity index (χ0v) is 14.3. The first-order valence-electron chi connectivity index (χ1n) is 7.57. The van der Waals surface area contributed by atoms with Crippen molar-refractivity contribution in [1.82, 2.24) is 4.90 Å². The predicted octanol–water partition coefficient (Wildman–Crippen LogP) is 3.58. The number of hydrogen-bond acceptors (Lipinski definition) is 4. The second-order valence-electron chi connectivity index (χ2n) is 5.34. The number of carbonyl (C=O) groups is 1. The molecule has 1 heterocycles. The lowest BCUT2D eigenvalue weighted by Gasteiger charge is -2.21. The van der Waals surface area contributed by atoms with Crippen molar-refractivity contribution in [1.29, 1.82) is 0 Å². The Morgan fingerprint density at radius 2 is 1.83 bits per heavy atom. The highest BCUT2D eigenvalue weighted by Crippen LogP contribution is 2.28. The smallest absolute Gasteiger partial charge is 0.257 e. The minimum absolute atomic E-state index is 0.0309. The minimum Gasteiger partial charge on any atom is -0.493 e. The first-order valence-corrected chi connectivity index (χ1v) is 7.57. The van der Waals surface area contributed by atoms with Crippen molar-refractivity contribution in [2.24, 2.45) is 0 Å². The van der Waals surface area contributed by atoms with Crippen LogP contribution in [0.1, 0.15) is 34.4 Å². The number of furan rings is 1. The maximum Gasteiger partial charge on any atom is 0.257 e. The van der Waals surface area contributed by atoms with Gasteiger partial charge in [0.2, 0.25) is 0 Å². The van der Waals surface area contributed by atoms with Crippen molar-refractivity contribution >= 4 is 5.91 Å². The van der Waals surface area contributed by atoms with E-state index in [1.54, 1.807) is 25.2 Å². The molecule has 0 fully saturated rings. The van der Waals surface area contributed by atoms with Crippen LogP contribution in [0.2, 0.25) is 0 Å². The molecule has 0 atom stereocenters. The third kappa shape index (κ3) is 3.67. The van der Waals surface area contributed by atoms with Gasteiger partial charge in [0.15, 0.2) is 11.5 Å². The molecule has 124 valence electrons. The lowest BCUT2D eigenvalue weighted by Crippen LogP contribution is -2.30. The van der Waals surface area contributed by atoms with Crippen molar-refractivity contribution in [3.05, 3.63) is 46.9 Å². The van der Waals surface area contributed by atoms with Gasteiger partial charge in [-0.05, 0) is 44.5 Å². The molecule has 0 bridgehead atoms. The Morgan fingerprint density at radius 3 is 2.35 bits per heavy atom. The number of carbonyl (C=O) groups excluding carboxylic acids is 1. The Morgan fingerprint density at radius 1 is 1.13 bits per heavy atom. The van der Waals surface area contributed by atoms with E-state index in [9.17, 15) is 4.79 Å². The monoisotopic (exact) mass is 317 g/mol. The Balaban J connectivity index is 2.22. The van der Waals surface area contributed by atoms with Crippen molar-refractivity contribution in [3.63, 3.8) is 0 Å². The van der Waals surface area contributed by atoms with Crippen LogP contribution in [-0.2, 0) is 6.54 Å². The van der Waals surface area contributed by atoms with Crippen LogP contribution >= 0.6 is 0 Å². The Bertz CT molecular complexity index is 690. The fourth-order valence-electron chi connectivity index (χ4n) is 2.54. The van der Waals surface area contributed by atoms with Crippen LogP contribution in [0.5, 0.6) is 11.5 Å². The third-order valence-corrected chi connectivity index (χ3v) is 3.76. The highest BCUT2D eigenvalue weighted by molar-refractivity contribution is 5.95. The summed E-state index contributed by atoms with van der Waals surface area (Å²) >= 11 is 0. The van der Waals surface area contributed by atoms with Crippen LogP contribution in [0.15, 0.2) is 28.7 Å². The zero-order valence-electron chi connectivity index (χ0n) is 14.3. The van der Waals surface area contributed by atoms with E-state index in [-0.39, 0.29) is 5.91 Å². The second-order valence-corrected chi connectivity index (χ2v) is 5.34. The van der Waals surface area contributed by atoms with Crippen molar-refractivity contribution in [3.8, 4) is 11.5 Å². The normalized spacial score (nSPS) is 10.5. The molecular formula is C18H23NO4. The number of nitrogens with zero attached hydrogens (tertiary/aromatic N) is 1. The molecule has 0 aliphatic heterocycles. The summed E-state index contributed by atoms with van der Waals surface area (Å²) in [7, 11) is 3.20. The first kappa shape index (κ1) is 16.9. The molecule has 0 radical (unpaired) electrons. The van der Waals surface area contributed by atoms with Crippen LogP contribution in [0.25, 0.3) is 0 Å². The molecule has 1 aromatic carbocycles. The average molecular weight is 317 g/mol. The molecule has 0 aliphatic carbocycles. The summed E-state index contributed by atoms with van der Waals surface area (Å²) in [6.07, 6.45) is 0. The van der Waals surface area contributed by atoms with Crippen LogP contribution in [0, 0.1) is 13.8 Å².